The molecule has 2 N–H and O–H groups in total. The van der Waals surface area contributed by atoms with Gasteiger partial charge in [0.2, 0.25) is 0 Å². The Labute approximate surface area is 142 Å². The van der Waals surface area contributed by atoms with Gasteiger partial charge in [0.25, 0.3) is 0 Å². The standard InChI is InChI=1S/C20H34N2O/c1-14(16-8-10-18(23-7)11-9-16)15(2)21-17-12-19(3,4)22-20(5,6)13-17/h8-11,14-15,17,21-22H,12-13H2,1-7H3/t14-,15+/m1/s1. The summed E-state index contributed by atoms with van der Waals surface area (Å²) >= 11 is 0. The zero-order valence-corrected chi connectivity index (χ0v) is 15.9. The molecule has 1 heterocycles. The van der Waals surface area contributed by atoms with E-state index in [0.29, 0.717) is 18.0 Å². The van der Waals surface area contributed by atoms with Crippen LogP contribution in [0.4, 0.5) is 0 Å². The SMILES string of the molecule is COc1ccc([C@H](C)[C@H](C)NC2CC(C)(C)NC(C)(C)C2)cc1. The molecular formula is C20H34N2O. The molecule has 3 nitrogen and oxygen atoms in total. The molecule has 0 spiro atoms. The minimum atomic E-state index is 0.183. The van der Waals surface area contributed by atoms with Gasteiger partial charge in [0, 0.05) is 23.2 Å². The Morgan fingerprint density at radius 2 is 1.57 bits per heavy atom. The van der Waals surface area contributed by atoms with Crippen molar-refractivity contribution in [3.8, 4) is 5.75 Å². The predicted molar refractivity (Wildman–Crippen MR) is 98.3 cm³/mol. The quantitative estimate of drug-likeness (QED) is 0.858. The number of hydrogen-bond acceptors (Lipinski definition) is 3. The van der Waals surface area contributed by atoms with Gasteiger partial charge in [0.15, 0.2) is 0 Å². The first-order valence-corrected chi connectivity index (χ1v) is 8.81. The van der Waals surface area contributed by atoms with E-state index in [0.717, 1.165) is 18.6 Å². The van der Waals surface area contributed by atoms with Crippen LogP contribution >= 0.6 is 0 Å². The van der Waals surface area contributed by atoms with Crippen molar-refractivity contribution in [3.63, 3.8) is 0 Å². The van der Waals surface area contributed by atoms with Crippen LogP contribution in [0.15, 0.2) is 24.3 Å². The molecule has 1 aliphatic rings. The second kappa shape index (κ2) is 6.82. The summed E-state index contributed by atoms with van der Waals surface area (Å²) in [5.74, 6) is 1.39. The molecule has 130 valence electrons. The molecule has 1 aliphatic heterocycles. The topological polar surface area (TPSA) is 33.3 Å². The van der Waals surface area contributed by atoms with Crippen molar-refractivity contribution < 1.29 is 4.74 Å². The summed E-state index contributed by atoms with van der Waals surface area (Å²) in [5.41, 5.74) is 1.73. The Bertz CT molecular complexity index is 491. The van der Waals surface area contributed by atoms with Crippen molar-refractivity contribution in [2.75, 3.05) is 7.11 Å². The van der Waals surface area contributed by atoms with E-state index in [1.54, 1.807) is 7.11 Å². The molecule has 2 atom stereocenters. The Balaban J connectivity index is 2.00. The first-order chi connectivity index (χ1) is 10.6. The molecular weight excluding hydrogens is 284 g/mol. The van der Waals surface area contributed by atoms with Gasteiger partial charge in [-0.3, -0.25) is 0 Å². The second-order valence-electron chi connectivity index (χ2n) is 8.52. The van der Waals surface area contributed by atoms with Crippen LogP contribution in [0.2, 0.25) is 0 Å². The van der Waals surface area contributed by atoms with Crippen molar-refractivity contribution in [2.24, 2.45) is 0 Å². The van der Waals surface area contributed by atoms with Crippen molar-refractivity contribution in [1.29, 1.82) is 0 Å². The van der Waals surface area contributed by atoms with E-state index in [9.17, 15) is 0 Å². The number of benzene rings is 1. The molecule has 0 radical (unpaired) electrons. The summed E-state index contributed by atoms with van der Waals surface area (Å²) in [6, 6.07) is 9.45. The molecule has 0 aliphatic carbocycles. The van der Waals surface area contributed by atoms with E-state index in [1.165, 1.54) is 5.56 Å². The maximum atomic E-state index is 5.25. The van der Waals surface area contributed by atoms with Gasteiger partial charge in [-0.2, -0.15) is 0 Å². The van der Waals surface area contributed by atoms with E-state index in [4.69, 9.17) is 4.74 Å². The van der Waals surface area contributed by atoms with Crippen LogP contribution in [0.25, 0.3) is 0 Å². The lowest BCUT2D eigenvalue weighted by Gasteiger charge is -2.47. The first kappa shape index (κ1) is 18.3. The second-order valence-corrected chi connectivity index (χ2v) is 8.52. The van der Waals surface area contributed by atoms with Crippen molar-refractivity contribution in [3.05, 3.63) is 29.8 Å². The van der Waals surface area contributed by atoms with E-state index < -0.39 is 0 Å². The number of methoxy groups -OCH3 is 1. The number of hydrogen-bond donors (Lipinski definition) is 2. The number of piperidine rings is 1. The Kier molecular flexibility index (Phi) is 5.42. The fourth-order valence-corrected chi connectivity index (χ4v) is 4.15. The highest BCUT2D eigenvalue weighted by molar-refractivity contribution is 5.29. The third kappa shape index (κ3) is 4.95. The number of ether oxygens (including phenoxy) is 1. The average molecular weight is 319 g/mol. The molecule has 2 rings (SSSR count). The molecule has 0 amide bonds. The minimum Gasteiger partial charge on any atom is -0.497 e. The molecule has 3 heteroatoms. The largest absolute Gasteiger partial charge is 0.497 e. The third-order valence-electron chi connectivity index (χ3n) is 5.08. The van der Waals surface area contributed by atoms with Gasteiger partial charge in [-0.25, -0.2) is 0 Å². The number of rotatable bonds is 5. The van der Waals surface area contributed by atoms with E-state index >= 15 is 0 Å². The monoisotopic (exact) mass is 318 g/mol. The lowest BCUT2D eigenvalue weighted by atomic mass is 9.79. The summed E-state index contributed by atoms with van der Waals surface area (Å²) in [5, 5.41) is 7.64. The van der Waals surface area contributed by atoms with Crippen LogP contribution in [-0.4, -0.2) is 30.3 Å². The molecule has 1 aromatic rings. The molecule has 1 fully saturated rings. The smallest absolute Gasteiger partial charge is 0.118 e. The highest BCUT2D eigenvalue weighted by Gasteiger charge is 2.38. The maximum absolute atomic E-state index is 5.25. The van der Waals surface area contributed by atoms with Crippen LogP contribution in [0, 0.1) is 0 Å². The summed E-state index contributed by atoms with van der Waals surface area (Å²) < 4.78 is 5.25. The summed E-state index contributed by atoms with van der Waals surface area (Å²) in [4.78, 5) is 0. The summed E-state index contributed by atoms with van der Waals surface area (Å²) in [7, 11) is 1.71. The van der Waals surface area contributed by atoms with Gasteiger partial charge in [-0.1, -0.05) is 19.1 Å². The lowest BCUT2D eigenvalue weighted by Crippen LogP contribution is -2.62. The van der Waals surface area contributed by atoms with E-state index in [1.807, 2.05) is 0 Å². The zero-order valence-electron chi connectivity index (χ0n) is 15.9. The summed E-state index contributed by atoms with van der Waals surface area (Å²) in [6.07, 6.45) is 2.33. The van der Waals surface area contributed by atoms with Gasteiger partial charge < -0.3 is 15.4 Å². The van der Waals surface area contributed by atoms with Gasteiger partial charge in [-0.05, 0) is 71.1 Å². The highest BCUT2D eigenvalue weighted by atomic mass is 16.5. The molecule has 23 heavy (non-hydrogen) atoms. The molecule has 0 aromatic heterocycles. The van der Waals surface area contributed by atoms with E-state index in [2.05, 4.69) is 76.4 Å². The molecule has 0 unspecified atom stereocenters. The van der Waals surface area contributed by atoms with E-state index in [-0.39, 0.29) is 11.1 Å². The molecule has 0 bridgehead atoms. The predicted octanol–water partition coefficient (Wildman–Crippen LogP) is 4.09. The van der Waals surface area contributed by atoms with Crippen LogP contribution in [0.3, 0.4) is 0 Å². The Hall–Kier alpha value is -1.06. The van der Waals surface area contributed by atoms with Gasteiger partial charge in [0.05, 0.1) is 7.11 Å². The van der Waals surface area contributed by atoms with Crippen LogP contribution in [0.1, 0.15) is 65.9 Å². The average Bonchev–Trinajstić information content (AvgIpc) is 2.43. The first-order valence-electron chi connectivity index (χ1n) is 8.81. The molecule has 0 saturated carbocycles. The third-order valence-corrected chi connectivity index (χ3v) is 5.08. The van der Waals surface area contributed by atoms with Crippen molar-refractivity contribution in [2.45, 2.75) is 83.5 Å². The number of nitrogens with one attached hydrogen (secondary N) is 2. The van der Waals surface area contributed by atoms with Crippen molar-refractivity contribution >= 4 is 0 Å². The molecule has 1 saturated heterocycles. The van der Waals surface area contributed by atoms with Crippen LogP contribution < -0.4 is 15.4 Å². The van der Waals surface area contributed by atoms with Crippen molar-refractivity contribution in [1.82, 2.24) is 10.6 Å². The fraction of sp³-hybridized carbons (Fsp3) is 0.700. The zero-order chi connectivity index (χ0) is 17.3. The molecule has 1 aromatic carbocycles. The lowest BCUT2D eigenvalue weighted by molar-refractivity contribution is 0.138. The van der Waals surface area contributed by atoms with Crippen LogP contribution in [0.5, 0.6) is 5.75 Å². The normalized spacial score (nSPS) is 23.3. The van der Waals surface area contributed by atoms with Gasteiger partial charge in [0.1, 0.15) is 5.75 Å². The Morgan fingerprint density at radius 3 is 2.04 bits per heavy atom. The minimum absolute atomic E-state index is 0.183. The highest BCUT2D eigenvalue weighted by Crippen LogP contribution is 2.30. The fourth-order valence-electron chi connectivity index (χ4n) is 4.15. The summed E-state index contributed by atoms with van der Waals surface area (Å²) in [6.45, 7) is 13.8. The van der Waals surface area contributed by atoms with Gasteiger partial charge in [-0.15, -0.1) is 0 Å². The van der Waals surface area contributed by atoms with Gasteiger partial charge >= 0.3 is 0 Å². The Morgan fingerprint density at radius 1 is 1.04 bits per heavy atom. The maximum Gasteiger partial charge on any atom is 0.118 e. The van der Waals surface area contributed by atoms with Crippen LogP contribution in [-0.2, 0) is 0 Å².